The Hall–Kier alpha value is -2.70. The second-order valence-electron chi connectivity index (χ2n) is 6.65. The van der Waals surface area contributed by atoms with Crippen LogP contribution in [0.5, 0.6) is 0 Å². The summed E-state index contributed by atoms with van der Waals surface area (Å²) in [5.41, 5.74) is 4.04. The van der Waals surface area contributed by atoms with Gasteiger partial charge in [-0.1, -0.05) is 55.5 Å². The molecular weight excluding hydrogens is 344 g/mol. The molecule has 1 aliphatic heterocycles. The van der Waals surface area contributed by atoms with Crippen LogP contribution in [0.25, 0.3) is 0 Å². The Bertz CT molecular complexity index is 854. The fourth-order valence-corrected chi connectivity index (χ4v) is 3.60. The number of aliphatic hydroxyl groups is 1. The van der Waals surface area contributed by atoms with Crippen molar-refractivity contribution in [3.05, 3.63) is 65.7 Å². The highest BCUT2D eigenvalue weighted by Gasteiger charge is 2.64. The predicted molar refractivity (Wildman–Crippen MR) is 102 cm³/mol. The van der Waals surface area contributed by atoms with E-state index in [2.05, 4.69) is 0 Å². The van der Waals surface area contributed by atoms with Crippen molar-refractivity contribution < 1.29 is 19.4 Å². The third-order valence-corrected chi connectivity index (χ3v) is 5.17. The van der Waals surface area contributed by atoms with Crippen LogP contribution in [0.15, 0.2) is 54.6 Å². The molecule has 2 atom stereocenters. The summed E-state index contributed by atoms with van der Waals surface area (Å²) >= 11 is 0. The van der Waals surface area contributed by atoms with Crippen molar-refractivity contribution in [2.24, 2.45) is 5.73 Å². The smallest absolute Gasteiger partial charge is 0.330 e. The Morgan fingerprint density at radius 3 is 2.41 bits per heavy atom. The second-order valence-corrected chi connectivity index (χ2v) is 6.65. The molecule has 0 radical (unpaired) electrons. The molecule has 3 N–H and O–H groups in total. The van der Waals surface area contributed by atoms with Gasteiger partial charge in [-0.05, 0) is 25.0 Å². The minimum atomic E-state index is -2.20. The molecule has 0 unspecified atom stereocenters. The van der Waals surface area contributed by atoms with E-state index in [4.69, 9.17) is 10.5 Å². The van der Waals surface area contributed by atoms with Crippen molar-refractivity contribution in [1.29, 1.82) is 0 Å². The molecule has 0 fully saturated rings. The lowest BCUT2D eigenvalue weighted by Gasteiger charge is -2.38. The summed E-state index contributed by atoms with van der Waals surface area (Å²) in [5.74, 6) is -1.41. The summed E-state index contributed by atoms with van der Waals surface area (Å²) in [6.07, 6.45) is 0.0432. The normalized spacial score (nSPS) is 20.9. The Labute approximate surface area is 158 Å². The number of nitrogens with two attached hydrogens (primary N) is 1. The molecule has 142 valence electrons. The van der Waals surface area contributed by atoms with Crippen LogP contribution in [0.2, 0.25) is 0 Å². The summed E-state index contributed by atoms with van der Waals surface area (Å²) in [7, 11) is 0. The third-order valence-electron chi connectivity index (χ3n) is 5.17. The molecule has 0 bridgehead atoms. The summed E-state index contributed by atoms with van der Waals surface area (Å²) in [6.45, 7) is 3.69. The van der Waals surface area contributed by atoms with Gasteiger partial charge in [-0.15, -0.1) is 0 Å². The van der Waals surface area contributed by atoms with Gasteiger partial charge < -0.3 is 20.5 Å². The highest BCUT2D eigenvalue weighted by Crippen LogP contribution is 2.47. The molecule has 0 spiro atoms. The summed E-state index contributed by atoms with van der Waals surface area (Å²) < 4.78 is 5.10. The van der Waals surface area contributed by atoms with E-state index < -0.39 is 23.0 Å². The van der Waals surface area contributed by atoms with Gasteiger partial charge in [0.1, 0.15) is 0 Å². The lowest BCUT2D eigenvalue weighted by Crippen LogP contribution is -2.67. The topological polar surface area (TPSA) is 92.9 Å². The number of carbonyl (C=O) groups is 2. The fourth-order valence-electron chi connectivity index (χ4n) is 3.60. The molecule has 2 aromatic carbocycles. The standard InChI is InChI=1S/C21H24N2O4/c1-3-20(22,19(25)27-4-2)21(26)16-12-8-9-13-17(16)23(18(21)24)14-15-10-6-5-7-11-15/h5-13,26H,3-4,14,22H2,1-2H3/t20-,21+/m0/s1. The first-order valence-corrected chi connectivity index (χ1v) is 9.04. The van der Waals surface area contributed by atoms with E-state index in [0.717, 1.165) is 5.56 Å². The Kier molecular flexibility index (Phi) is 5.04. The van der Waals surface area contributed by atoms with E-state index in [9.17, 15) is 14.7 Å². The lowest BCUT2D eigenvalue weighted by atomic mass is 9.74. The molecular formula is C21H24N2O4. The van der Waals surface area contributed by atoms with E-state index in [0.29, 0.717) is 11.3 Å². The van der Waals surface area contributed by atoms with Gasteiger partial charge in [0.05, 0.1) is 18.8 Å². The molecule has 1 heterocycles. The van der Waals surface area contributed by atoms with Crippen molar-refractivity contribution >= 4 is 17.6 Å². The van der Waals surface area contributed by atoms with E-state index in [1.807, 2.05) is 30.3 Å². The first-order valence-electron chi connectivity index (χ1n) is 9.04. The quantitative estimate of drug-likeness (QED) is 0.762. The van der Waals surface area contributed by atoms with Crippen molar-refractivity contribution in [1.82, 2.24) is 0 Å². The van der Waals surface area contributed by atoms with Gasteiger partial charge in [0.15, 0.2) is 11.1 Å². The Morgan fingerprint density at radius 2 is 1.78 bits per heavy atom. The average molecular weight is 368 g/mol. The lowest BCUT2D eigenvalue weighted by molar-refractivity contribution is -0.169. The first-order chi connectivity index (χ1) is 12.9. The van der Waals surface area contributed by atoms with Gasteiger partial charge >= 0.3 is 5.97 Å². The maximum Gasteiger partial charge on any atom is 0.330 e. The van der Waals surface area contributed by atoms with Gasteiger partial charge in [0, 0.05) is 5.56 Å². The van der Waals surface area contributed by atoms with Gasteiger partial charge in [0.25, 0.3) is 5.91 Å². The van der Waals surface area contributed by atoms with Gasteiger partial charge in [-0.25, -0.2) is 4.79 Å². The average Bonchev–Trinajstić information content (AvgIpc) is 2.91. The number of amides is 1. The van der Waals surface area contributed by atoms with Gasteiger partial charge in [0.2, 0.25) is 0 Å². The van der Waals surface area contributed by atoms with Crippen LogP contribution in [-0.4, -0.2) is 29.1 Å². The number of nitrogens with zero attached hydrogens (tertiary/aromatic N) is 1. The maximum atomic E-state index is 13.4. The van der Waals surface area contributed by atoms with Crippen molar-refractivity contribution in [3.63, 3.8) is 0 Å². The Balaban J connectivity index is 2.11. The number of rotatable bonds is 6. The highest BCUT2D eigenvalue weighted by atomic mass is 16.5. The van der Waals surface area contributed by atoms with Crippen LogP contribution in [-0.2, 0) is 26.5 Å². The molecule has 2 aromatic rings. The number of hydrogen-bond donors (Lipinski definition) is 2. The molecule has 6 heteroatoms. The molecule has 27 heavy (non-hydrogen) atoms. The number of esters is 1. The largest absolute Gasteiger partial charge is 0.465 e. The van der Waals surface area contributed by atoms with Crippen LogP contribution < -0.4 is 10.6 Å². The molecule has 0 aliphatic carbocycles. The second kappa shape index (κ2) is 7.13. The van der Waals surface area contributed by atoms with Crippen molar-refractivity contribution in [3.8, 4) is 0 Å². The minimum absolute atomic E-state index is 0.0432. The van der Waals surface area contributed by atoms with Crippen LogP contribution in [0, 0.1) is 0 Å². The summed E-state index contributed by atoms with van der Waals surface area (Å²) in [4.78, 5) is 27.5. The number of hydrogen-bond acceptors (Lipinski definition) is 5. The van der Waals surface area contributed by atoms with E-state index in [-0.39, 0.29) is 19.6 Å². The molecule has 0 saturated heterocycles. The zero-order valence-corrected chi connectivity index (χ0v) is 15.5. The molecule has 1 amide bonds. The van der Waals surface area contributed by atoms with Crippen LogP contribution in [0.4, 0.5) is 5.69 Å². The maximum absolute atomic E-state index is 13.4. The van der Waals surface area contributed by atoms with Crippen molar-refractivity contribution in [2.45, 2.75) is 38.0 Å². The van der Waals surface area contributed by atoms with Crippen LogP contribution in [0.3, 0.4) is 0 Å². The zero-order chi connectivity index (χ0) is 19.7. The van der Waals surface area contributed by atoms with E-state index in [1.165, 1.54) is 4.90 Å². The van der Waals surface area contributed by atoms with Crippen LogP contribution in [0.1, 0.15) is 31.4 Å². The molecule has 3 rings (SSSR count). The summed E-state index contributed by atoms with van der Waals surface area (Å²) in [6, 6.07) is 16.3. The first kappa shape index (κ1) is 19.1. The summed E-state index contributed by atoms with van der Waals surface area (Å²) in [5, 5.41) is 11.6. The SMILES string of the molecule is CCOC(=O)[C@@](N)(CC)[C@]1(O)C(=O)N(Cc2ccccc2)c2ccccc21. The van der Waals surface area contributed by atoms with E-state index in [1.54, 1.807) is 38.1 Å². The monoisotopic (exact) mass is 368 g/mol. The number of ether oxygens (including phenoxy) is 1. The van der Waals surface area contributed by atoms with Gasteiger partial charge in [-0.2, -0.15) is 0 Å². The van der Waals surface area contributed by atoms with Crippen molar-refractivity contribution in [2.75, 3.05) is 11.5 Å². The number of carbonyl (C=O) groups excluding carboxylic acids is 2. The molecule has 1 aliphatic rings. The number of benzene rings is 2. The molecule has 0 aromatic heterocycles. The number of fused-ring (bicyclic) bond motifs is 1. The van der Waals surface area contributed by atoms with Crippen LogP contribution >= 0.6 is 0 Å². The van der Waals surface area contributed by atoms with Gasteiger partial charge in [-0.3, -0.25) is 4.79 Å². The van der Waals surface area contributed by atoms with E-state index >= 15 is 0 Å². The number of anilines is 1. The Morgan fingerprint density at radius 1 is 1.15 bits per heavy atom. The molecule has 0 saturated carbocycles. The minimum Gasteiger partial charge on any atom is -0.465 e. The third kappa shape index (κ3) is 2.81. The fraction of sp³-hybridized carbons (Fsp3) is 0.333. The molecule has 6 nitrogen and oxygen atoms in total. The highest BCUT2D eigenvalue weighted by molar-refractivity contribution is 6.11. The number of para-hydroxylation sites is 1. The zero-order valence-electron chi connectivity index (χ0n) is 15.5. The predicted octanol–water partition coefficient (Wildman–Crippen LogP) is 2.09.